The van der Waals surface area contributed by atoms with Crippen LogP contribution in [0.25, 0.3) is 10.4 Å². The Labute approximate surface area is 151 Å². The van der Waals surface area contributed by atoms with E-state index >= 15 is 0 Å². The van der Waals surface area contributed by atoms with E-state index in [1.165, 1.54) is 11.3 Å². The Morgan fingerprint density at radius 2 is 1.80 bits per heavy atom. The third kappa shape index (κ3) is 4.46. The molecule has 1 aromatic heterocycles. The van der Waals surface area contributed by atoms with Gasteiger partial charge in [-0.15, -0.1) is 11.3 Å². The molecule has 6 heteroatoms. The van der Waals surface area contributed by atoms with Crippen LogP contribution < -0.4 is 0 Å². The van der Waals surface area contributed by atoms with E-state index in [-0.39, 0.29) is 24.7 Å². The van der Waals surface area contributed by atoms with E-state index < -0.39 is 5.97 Å². The van der Waals surface area contributed by atoms with Gasteiger partial charge in [-0.1, -0.05) is 30.3 Å². The van der Waals surface area contributed by atoms with Gasteiger partial charge in [-0.2, -0.15) is 0 Å². The molecule has 0 radical (unpaired) electrons. The van der Waals surface area contributed by atoms with Crippen molar-refractivity contribution in [3.05, 3.63) is 47.3 Å². The van der Waals surface area contributed by atoms with E-state index in [1.54, 1.807) is 11.0 Å². The Morgan fingerprint density at radius 1 is 1.12 bits per heavy atom. The minimum atomic E-state index is -0.463. The highest BCUT2D eigenvalue weighted by Gasteiger charge is 2.26. The van der Waals surface area contributed by atoms with Crippen LogP contribution in [-0.4, -0.2) is 48.7 Å². The molecule has 2 aromatic rings. The number of ether oxygens (including phenoxy) is 2. The smallest absolute Gasteiger partial charge is 0.348 e. The Morgan fingerprint density at radius 3 is 2.48 bits per heavy atom. The molecule has 25 heavy (non-hydrogen) atoms. The number of hydrogen-bond donors (Lipinski definition) is 0. The lowest BCUT2D eigenvalue weighted by Gasteiger charge is -2.35. The Bertz CT molecular complexity index is 733. The summed E-state index contributed by atoms with van der Waals surface area (Å²) in [6.07, 6.45) is -0.0109. The first kappa shape index (κ1) is 17.6. The normalized spacial score (nSPS) is 20.3. The number of hydrogen-bond acceptors (Lipinski definition) is 5. The molecule has 0 unspecified atom stereocenters. The van der Waals surface area contributed by atoms with E-state index in [4.69, 9.17) is 9.47 Å². The van der Waals surface area contributed by atoms with E-state index in [0.29, 0.717) is 18.0 Å². The number of amides is 1. The highest BCUT2D eigenvalue weighted by atomic mass is 32.1. The molecule has 2 heterocycles. The number of rotatable bonds is 4. The van der Waals surface area contributed by atoms with Gasteiger partial charge < -0.3 is 14.4 Å². The molecule has 1 aliphatic heterocycles. The summed E-state index contributed by atoms with van der Waals surface area (Å²) in [5, 5.41) is 0. The zero-order valence-corrected chi connectivity index (χ0v) is 15.1. The molecule has 2 atom stereocenters. The van der Waals surface area contributed by atoms with Crippen molar-refractivity contribution in [3.8, 4) is 10.4 Å². The van der Waals surface area contributed by atoms with Gasteiger partial charge >= 0.3 is 5.97 Å². The minimum Gasteiger partial charge on any atom is -0.451 e. The fraction of sp³-hybridized carbons (Fsp3) is 0.368. The molecule has 0 spiro atoms. The summed E-state index contributed by atoms with van der Waals surface area (Å²) in [4.78, 5) is 27.6. The molecule has 0 bridgehead atoms. The first-order valence-electron chi connectivity index (χ1n) is 8.28. The second-order valence-electron chi connectivity index (χ2n) is 6.16. The number of carbonyl (C=O) groups excluding carboxylic acids is 2. The standard InChI is InChI=1S/C19H21NO4S/c1-13-10-20(11-14(2)24-13)18(21)12-23-19(22)17-9-8-16(25-17)15-6-4-3-5-7-15/h3-9,13-14H,10-12H2,1-2H3/t13-,14-/m1/s1. The fourth-order valence-electron chi connectivity index (χ4n) is 2.88. The Hall–Kier alpha value is -2.18. The largest absolute Gasteiger partial charge is 0.451 e. The summed E-state index contributed by atoms with van der Waals surface area (Å²) in [5.74, 6) is -0.648. The molecule has 0 N–H and O–H groups in total. The van der Waals surface area contributed by atoms with Crippen molar-refractivity contribution in [2.75, 3.05) is 19.7 Å². The van der Waals surface area contributed by atoms with Crippen molar-refractivity contribution in [1.82, 2.24) is 4.90 Å². The maximum Gasteiger partial charge on any atom is 0.348 e. The maximum atomic E-state index is 12.2. The lowest BCUT2D eigenvalue weighted by molar-refractivity contribution is -0.146. The third-order valence-electron chi connectivity index (χ3n) is 3.96. The number of morpholine rings is 1. The van der Waals surface area contributed by atoms with Gasteiger partial charge in [0.05, 0.1) is 12.2 Å². The quantitative estimate of drug-likeness (QED) is 0.787. The van der Waals surface area contributed by atoms with Crippen LogP contribution in [0, 0.1) is 0 Å². The molecule has 1 fully saturated rings. The average molecular weight is 359 g/mol. The maximum absolute atomic E-state index is 12.2. The molecule has 3 rings (SSSR count). The topological polar surface area (TPSA) is 55.8 Å². The highest BCUT2D eigenvalue weighted by Crippen LogP contribution is 2.28. The van der Waals surface area contributed by atoms with Gasteiger partial charge in [0.2, 0.25) is 0 Å². The van der Waals surface area contributed by atoms with Crippen molar-refractivity contribution in [3.63, 3.8) is 0 Å². The number of benzene rings is 1. The third-order valence-corrected chi connectivity index (χ3v) is 5.08. The van der Waals surface area contributed by atoms with Gasteiger partial charge in [-0.05, 0) is 31.5 Å². The van der Waals surface area contributed by atoms with E-state index in [2.05, 4.69) is 0 Å². The molecule has 132 valence electrons. The van der Waals surface area contributed by atoms with Crippen LogP contribution in [-0.2, 0) is 14.3 Å². The van der Waals surface area contributed by atoms with E-state index in [0.717, 1.165) is 10.4 Å². The number of nitrogens with zero attached hydrogens (tertiary/aromatic N) is 1. The Kier molecular flexibility index (Phi) is 5.50. The molecule has 1 saturated heterocycles. The molecular weight excluding hydrogens is 338 g/mol. The molecule has 1 aromatic carbocycles. The minimum absolute atomic E-state index is 0.00544. The number of esters is 1. The monoisotopic (exact) mass is 359 g/mol. The van der Waals surface area contributed by atoms with Gasteiger partial charge in [-0.3, -0.25) is 4.79 Å². The van der Waals surface area contributed by atoms with Crippen molar-refractivity contribution in [2.45, 2.75) is 26.1 Å². The van der Waals surface area contributed by atoms with E-state index in [1.807, 2.05) is 50.2 Å². The molecule has 1 aliphatic rings. The van der Waals surface area contributed by atoms with E-state index in [9.17, 15) is 9.59 Å². The molecule has 0 aliphatic carbocycles. The van der Waals surface area contributed by atoms with Crippen LogP contribution in [0.3, 0.4) is 0 Å². The lowest BCUT2D eigenvalue weighted by Crippen LogP contribution is -2.49. The van der Waals surface area contributed by atoms with Crippen molar-refractivity contribution >= 4 is 23.2 Å². The van der Waals surface area contributed by atoms with Crippen molar-refractivity contribution in [1.29, 1.82) is 0 Å². The van der Waals surface area contributed by atoms with Crippen LogP contribution in [0.5, 0.6) is 0 Å². The van der Waals surface area contributed by atoms with Crippen LogP contribution >= 0.6 is 11.3 Å². The first-order valence-corrected chi connectivity index (χ1v) is 9.10. The second kappa shape index (κ2) is 7.80. The summed E-state index contributed by atoms with van der Waals surface area (Å²) < 4.78 is 10.8. The first-order chi connectivity index (χ1) is 12.0. The predicted octanol–water partition coefficient (Wildman–Crippen LogP) is 3.21. The van der Waals surface area contributed by atoms with Crippen LogP contribution in [0.1, 0.15) is 23.5 Å². The van der Waals surface area contributed by atoms with Gasteiger partial charge in [0.15, 0.2) is 6.61 Å². The second-order valence-corrected chi connectivity index (χ2v) is 7.25. The lowest BCUT2D eigenvalue weighted by atomic mass is 10.2. The fourth-order valence-corrected chi connectivity index (χ4v) is 3.78. The zero-order chi connectivity index (χ0) is 17.8. The van der Waals surface area contributed by atoms with Crippen LogP contribution in [0.2, 0.25) is 0 Å². The Balaban J connectivity index is 1.56. The van der Waals surface area contributed by atoms with Gasteiger partial charge in [-0.25, -0.2) is 4.79 Å². The molecule has 0 saturated carbocycles. The van der Waals surface area contributed by atoms with Crippen LogP contribution in [0.4, 0.5) is 0 Å². The summed E-state index contributed by atoms with van der Waals surface area (Å²) in [6, 6.07) is 13.5. The van der Waals surface area contributed by atoms with Gasteiger partial charge in [0, 0.05) is 18.0 Å². The molecular formula is C19H21NO4S. The average Bonchev–Trinajstić information content (AvgIpc) is 3.09. The number of carbonyl (C=O) groups is 2. The van der Waals surface area contributed by atoms with Crippen molar-refractivity contribution < 1.29 is 19.1 Å². The summed E-state index contributed by atoms with van der Waals surface area (Å²) in [6.45, 7) is 4.67. The zero-order valence-electron chi connectivity index (χ0n) is 14.3. The summed E-state index contributed by atoms with van der Waals surface area (Å²) in [5.41, 5.74) is 1.05. The molecule has 1 amide bonds. The van der Waals surface area contributed by atoms with Crippen molar-refractivity contribution in [2.24, 2.45) is 0 Å². The highest BCUT2D eigenvalue weighted by molar-refractivity contribution is 7.17. The number of thiophene rings is 1. The van der Waals surface area contributed by atoms with Crippen LogP contribution in [0.15, 0.2) is 42.5 Å². The van der Waals surface area contributed by atoms with Gasteiger partial charge in [0.1, 0.15) is 4.88 Å². The summed E-state index contributed by atoms with van der Waals surface area (Å²) in [7, 11) is 0. The molecule has 5 nitrogen and oxygen atoms in total. The summed E-state index contributed by atoms with van der Waals surface area (Å²) >= 11 is 1.36. The SMILES string of the molecule is C[C@@H]1CN(C(=O)COC(=O)c2ccc(-c3ccccc3)s2)C[C@@H](C)O1. The van der Waals surface area contributed by atoms with Gasteiger partial charge in [0.25, 0.3) is 5.91 Å². The predicted molar refractivity (Wildman–Crippen MR) is 96.6 cm³/mol.